The SMILES string of the molecule is CN1CCc2nc(Nc3cc(-c4ccnc(-n5ncc6cc(C(C)(C)C)cc(F)c6c5=O)c4C=O)cn(C)c3=O)sc2C1.CN1CCc2nc(Nc3cc(B4OC(C)(C)C(C)(C)O4)cn(C)c3=O)sc2C1.CN1CCc2nc(Nc3cc(Br)cn(C)c3=O)sc2C1. The maximum Gasteiger partial charge on any atom is 0.496 e. The molecule has 0 saturated carbocycles. The highest BCUT2D eigenvalue weighted by atomic mass is 79.9. The molecule has 4 aliphatic rings. The van der Waals surface area contributed by atoms with Gasteiger partial charge < -0.3 is 53.7 Å². The van der Waals surface area contributed by atoms with E-state index in [9.17, 15) is 24.0 Å². The Hall–Kier alpha value is -7.41. The molecule has 0 unspecified atom stereocenters. The average molecular weight is 1360 g/mol. The second kappa shape index (κ2) is 25.6. The third-order valence-corrected chi connectivity index (χ3v) is 20.3. The molecular weight excluding hydrogens is 1280 g/mol. The monoisotopic (exact) mass is 1360 g/mol. The van der Waals surface area contributed by atoms with Gasteiger partial charge in [0.15, 0.2) is 27.5 Å². The quantitative estimate of drug-likeness (QED) is 0.0857. The molecule has 9 aromatic rings. The number of carbonyl (C=O) groups is 1. The van der Waals surface area contributed by atoms with Crippen LogP contribution in [0.15, 0.2) is 91.0 Å². The summed E-state index contributed by atoms with van der Waals surface area (Å²) in [5.41, 5.74) is 4.84. The van der Waals surface area contributed by atoms with E-state index in [2.05, 4.69) is 82.8 Å². The number of carbonyl (C=O) groups excluding carboxylic acids is 1. The standard InChI is InChI=1S/C31H30FN7O3S.C19H27BN4O3S.C13H15BrN4OS/c1-31(2,3)19-10-17-13-34-39(29(42)26(17)22(32)12-19)27-21(16-40)20(6-8-33-27)18-11-24(28(41)38(5)14-18)36-30-35-23-7-9-37(4)15-25(23)43-30;1-18(2)19(3,4)27-20(26-18)12-9-14(16(25)24(6)10-12)22-17-21-13-7-8-23(5)11-15(13)28-17;1-17-4-3-9-11(7-17)20-13(15-9)16-10-5-8(14)6-18(2)12(10)19/h6,8,10-14,16H,7,9,15H2,1-5H3,(H,35,36);9-10H,7-8,11H2,1-6H3,(H,21,22);5-6H,3-4,7H2,1-2H3,(H,15,16). The summed E-state index contributed by atoms with van der Waals surface area (Å²) in [5.74, 6) is -0.713. The molecule has 1 fully saturated rings. The second-order valence-corrected chi connectivity index (χ2v) is 29.7. The molecule has 1 saturated heterocycles. The van der Waals surface area contributed by atoms with Crippen LogP contribution in [-0.2, 0) is 74.8 Å². The maximum atomic E-state index is 15.3. The predicted octanol–water partition coefficient (Wildman–Crippen LogP) is 8.79. The number of benzene rings is 1. The van der Waals surface area contributed by atoms with Crippen LogP contribution in [0, 0.1) is 5.82 Å². The number of aryl methyl sites for hydroxylation is 3. The Balaban J connectivity index is 0.000000152. The second-order valence-electron chi connectivity index (χ2n) is 25.5. The molecule has 3 N–H and O–H groups in total. The molecule has 28 heteroatoms. The topological polar surface area (TPSA) is 234 Å². The number of anilines is 6. The molecule has 4 aliphatic heterocycles. The highest BCUT2D eigenvalue weighted by Crippen LogP contribution is 2.38. The van der Waals surface area contributed by atoms with Crippen LogP contribution >= 0.6 is 49.9 Å². The van der Waals surface area contributed by atoms with Gasteiger partial charge in [-0.25, -0.2) is 24.3 Å². The van der Waals surface area contributed by atoms with Crippen molar-refractivity contribution in [2.75, 3.05) is 56.7 Å². The third-order valence-electron chi connectivity index (χ3n) is 16.9. The zero-order valence-corrected chi connectivity index (χ0v) is 57.1. The van der Waals surface area contributed by atoms with Crippen LogP contribution in [-0.4, -0.2) is 124 Å². The lowest BCUT2D eigenvalue weighted by molar-refractivity contribution is 0.00578. The minimum Gasteiger partial charge on any atom is -0.399 e. The lowest BCUT2D eigenvalue weighted by Crippen LogP contribution is -2.41. The Morgan fingerprint density at radius 1 is 0.648 bits per heavy atom. The predicted molar refractivity (Wildman–Crippen MR) is 363 cm³/mol. The summed E-state index contributed by atoms with van der Waals surface area (Å²) < 4.78 is 33.9. The van der Waals surface area contributed by atoms with Gasteiger partial charge in [-0.3, -0.25) is 24.0 Å². The number of thiazole rings is 3. The first-order valence-electron chi connectivity index (χ1n) is 29.7. The molecule has 0 bridgehead atoms. The Kier molecular flexibility index (Phi) is 18.3. The number of fused-ring (bicyclic) bond motifs is 4. The lowest BCUT2D eigenvalue weighted by Gasteiger charge is -2.32. The first-order valence-corrected chi connectivity index (χ1v) is 32.9. The molecule has 0 radical (unpaired) electrons. The number of aldehydes is 1. The summed E-state index contributed by atoms with van der Waals surface area (Å²) in [6.45, 7) is 19.6. The van der Waals surface area contributed by atoms with E-state index in [0.717, 1.165) is 111 Å². The molecule has 13 rings (SSSR count). The minimum absolute atomic E-state index is 0.0428. The van der Waals surface area contributed by atoms with Crippen LogP contribution in [0.4, 0.5) is 36.8 Å². The number of nitrogens with zero attached hydrogens (tertiary/aromatic N) is 12. The maximum absolute atomic E-state index is 15.3. The van der Waals surface area contributed by atoms with E-state index in [4.69, 9.17) is 19.3 Å². The first-order chi connectivity index (χ1) is 43.0. The van der Waals surface area contributed by atoms with Crippen molar-refractivity contribution in [2.24, 2.45) is 21.1 Å². The number of aromatic nitrogens is 9. The zero-order valence-electron chi connectivity index (χ0n) is 53.1. The molecule has 8 aromatic heterocycles. The minimum atomic E-state index is -0.732. The molecule has 22 nitrogen and oxygen atoms in total. The number of hydrogen-bond acceptors (Lipinski definition) is 21. The number of likely N-dealkylation sites (N-methyl/N-ethyl adjacent to an activating group) is 3. The molecule has 476 valence electrons. The van der Waals surface area contributed by atoms with E-state index in [1.165, 1.54) is 44.1 Å². The molecule has 0 aliphatic carbocycles. The van der Waals surface area contributed by atoms with Gasteiger partial charge in [-0.1, -0.05) is 20.8 Å². The van der Waals surface area contributed by atoms with Crippen molar-refractivity contribution in [1.82, 2.24) is 58.1 Å². The summed E-state index contributed by atoms with van der Waals surface area (Å²) in [7, 11) is 10.9. The summed E-state index contributed by atoms with van der Waals surface area (Å²) in [6.07, 6.45) is 11.3. The first kappa shape index (κ1) is 65.1. The van der Waals surface area contributed by atoms with Gasteiger partial charge in [-0.2, -0.15) is 9.78 Å². The van der Waals surface area contributed by atoms with E-state index < -0.39 is 29.7 Å². The van der Waals surface area contributed by atoms with Gasteiger partial charge in [-0.15, -0.1) is 34.0 Å². The van der Waals surface area contributed by atoms with Crippen LogP contribution in [0.1, 0.15) is 96.1 Å². The van der Waals surface area contributed by atoms with E-state index >= 15 is 4.39 Å². The molecule has 0 atom stereocenters. The zero-order chi connectivity index (χ0) is 65.2. The molecule has 0 spiro atoms. The average Bonchev–Trinajstić information content (AvgIpc) is 1.28. The smallest absolute Gasteiger partial charge is 0.399 e. The number of pyridine rings is 4. The number of halogens is 2. The molecule has 0 amide bonds. The van der Waals surface area contributed by atoms with Crippen molar-refractivity contribution < 1.29 is 18.5 Å². The fourth-order valence-corrected chi connectivity index (χ4v) is 14.8. The fourth-order valence-electron chi connectivity index (χ4n) is 10.9. The van der Waals surface area contributed by atoms with Gasteiger partial charge in [0.25, 0.3) is 22.2 Å². The highest BCUT2D eigenvalue weighted by molar-refractivity contribution is 9.10. The summed E-state index contributed by atoms with van der Waals surface area (Å²) in [6, 6.07) is 9.97. The van der Waals surface area contributed by atoms with E-state index in [1.807, 2.05) is 54.5 Å². The van der Waals surface area contributed by atoms with Gasteiger partial charge in [0.2, 0.25) is 0 Å². The highest BCUT2D eigenvalue weighted by Gasteiger charge is 2.52. The molecule has 91 heavy (non-hydrogen) atoms. The summed E-state index contributed by atoms with van der Waals surface area (Å²) in [5, 5.41) is 16.2. The Morgan fingerprint density at radius 3 is 1.62 bits per heavy atom. The molecule has 12 heterocycles. The normalized spacial score (nSPS) is 16.3. The van der Waals surface area contributed by atoms with Crippen molar-refractivity contribution in [1.29, 1.82) is 0 Å². The van der Waals surface area contributed by atoms with Crippen LogP contribution in [0.5, 0.6) is 0 Å². The van der Waals surface area contributed by atoms with Crippen molar-refractivity contribution in [3.05, 3.63) is 162 Å². The van der Waals surface area contributed by atoms with Gasteiger partial charge in [0, 0.05) is 140 Å². The van der Waals surface area contributed by atoms with Crippen LogP contribution in [0.3, 0.4) is 0 Å². The Bertz CT molecular complexity index is 4550. The summed E-state index contributed by atoms with van der Waals surface area (Å²) >= 11 is 8.15. The van der Waals surface area contributed by atoms with Crippen molar-refractivity contribution in [3.63, 3.8) is 0 Å². The third kappa shape index (κ3) is 13.7. The van der Waals surface area contributed by atoms with Crippen LogP contribution < -0.4 is 43.7 Å². The van der Waals surface area contributed by atoms with Gasteiger partial charge in [-0.05, 0) is 118 Å². The Labute approximate surface area is 546 Å². The van der Waals surface area contributed by atoms with Crippen molar-refractivity contribution in [2.45, 2.75) is 104 Å². The number of hydrogen-bond donors (Lipinski definition) is 3. The largest absolute Gasteiger partial charge is 0.496 e. The van der Waals surface area contributed by atoms with Gasteiger partial charge >= 0.3 is 7.12 Å². The fraction of sp³-hybridized carbons (Fsp3) is 0.397. The van der Waals surface area contributed by atoms with Crippen LogP contribution in [0.2, 0.25) is 0 Å². The number of nitrogens with one attached hydrogen (secondary N) is 3. The van der Waals surface area contributed by atoms with Crippen LogP contribution in [0.25, 0.3) is 27.7 Å². The van der Waals surface area contributed by atoms with Crippen molar-refractivity contribution in [3.8, 4) is 16.9 Å². The summed E-state index contributed by atoms with van der Waals surface area (Å²) in [4.78, 5) is 92.6. The lowest BCUT2D eigenvalue weighted by atomic mass is 9.80. The van der Waals surface area contributed by atoms with Gasteiger partial charge in [0.1, 0.15) is 22.9 Å². The Morgan fingerprint density at radius 2 is 1.12 bits per heavy atom. The van der Waals surface area contributed by atoms with E-state index in [1.54, 1.807) is 95.8 Å². The van der Waals surface area contributed by atoms with Crippen molar-refractivity contribution >= 4 is 112 Å². The van der Waals surface area contributed by atoms with E-state index in [-0.39, 0.29) is 44.5 Å². The molecule has 1 aromatic carbocycles. The van der Waals surface area contributed by atoms with Gasteiger partial charge in [0.05, 0.1) is 45.4 Å². The van der Waals surface area contributed by atoms with E-state index in [0.29, 0.717) is 39.3 Å². The number of rotatable bonds is 10. The molecular formula is C63H72BBrFN15O7S3.